The van der Waals surface area contributed by atoms with Crippen molar-refractivity contribution >= 4 is 0 Å². The minimum Gasteiger partial charge on any atom is -0.378 e. The Bertz CT molecular complexity index is 329. The van der Waals surface area contributed by atoms with E-state index in [1.807, 2.05) is 0 Å². The first-order valence-electron chi connectivity index (χ1n) is 7.79. The van der Waals surface area contributed by atoms with Crippen molar-refractivity contribution < 1.29 is 18.9 Å². The highest BCUT2D eigenvalue weighted by Crippen LogP contribution is 2.46. The van der Waals surface area contributed by atoms with Crippen molar-refractivity contribution in [2.24, 2.45) is 11.8 Å². The zero-order valence-electron chi connectivity index (χ0n) is 11.7. The quantitative estimate of drug-likeness (QED) is 0.683. The number of rotatable bonds is 1. The molecule has 0 N–H and O–H groups in total. The molecule has 108 valence electrons. The molecule has 0 bridgehead atoms. The van der Waals surface area contributed by atoms with Gasteiger partial charge in [0, 0.05) is 18.8 Å². The van der Waals surface area contributed by atoms with Gasteiger partial charge in [0.2, 0.25) is 0 Å². The van der Waals surface area contributed by atoms with Gasteiger partial charge in [-0.3, -0.25) is 0 Å². The van der Waals surface area contributed by atoms with Gasteiger partial charge in [-0.2, -0.15) is 0 Å². The molecule has 0 radical (unpaired) electrons. The van der Waals surface area contributed by atoms with E-state index < -0.39 is 0 Å². The average Bonchev–Trinajstić information content (AvgIpc) is 3.19. The fraction of sp³-hybridized carbons (Fsp3) is 1.00. The van der Waals surface area contributed by atoms with E-state index in [-0.39, 0.29) is 5.79 Å². The first kappa shape index (κ1) is 12.6. The third-order valence-electron chi connectivity index (χ3n) is 5.34. The predicted molar refractivity (Wildman–Crippen MR) is 68.8 cm³/mol. The molecule has 3 aliphatic heterocycles. The van der Waals surface area contributed by atoms with Crippen LogP contribution in [0.2, 0.25) is 0 Å². The first-order chi connectivity index (χ1) is 9.24. The Morgan fingerprint density at radius 1 is 0.895 bits per heavy atom. The summed E-state index contributed by atoms with van der Waals surface area (Å²) in [5.41, 5.74) is 0. The van der Waals surface area contributed by atoms with E-state index in [2.05, 4.69) is 6.92 Å². The van der Waals surface area contributed by atoms with Crippen molar-refractivity contribution in [3.63, 3.8) is 0 Å². The van der Waals surface area contributed by atoms with E-state index >= 15 is 0 Å². The lowest BCUT2D eigenvalue weighted by atomic mass is 9.85. The third-order valence-corrected chi connectivity index (χ3v) is 5.34. The maximum absolute atomic E-state index is 6.14. The second-order valence-corrected chi connectivity index (χ2v) is 6.73. The van der Waals surface area contributed by atoms with Crippen LogP contribution < -0.4 is 0 Å². The van der Waals surface area contributed by atoms with Gasteiger partial charge in [-0.15, -0.1) is 0 Å². The average molecular weight is 268 g/mol. The second kappa shape index (κ2) is 4.69. The Morgan fingerprint density at radius 2 is 1.74 bits per heavy atom. The van der Waals surface area contributed by atoms with Crippen LogP contribution in [0.3, 0.4) is 0 Å². The van der Waals surface area contributed by atoms with Gasteiger partial charge in [-0.1, -0.05) is 0 Å². The van der Waals surface area contributed by atoms with Crippen molar-refractivity contribution in [1.82, 2.24) is 0 Å². The molecule has 3 saturated heterocycles. The molecule has 4 atom stereocenters. The van der Waals surface area contributed by atoms with Gasteiger partial charge < -0.3 is 18.9 Å². The van der Waals surface area contributed by atoms with E-state index in [4.69, 9.17) is 18.9 Å². The van der Waals surface area contributed by atoms with Gasteiger partial charge in [0.25, 0.3) is 0 Å². The Hall–Kier alpha value is -0.160. The highest BCUT2D eigenvalue weighted by molar-refractivity contribution is 4.97. The highest BCUT2D eigenvalue weighted by Gasteiger charge is 2.53. The van der Waals surface area contributed by atoms with Crippen LogP contribution in [0.5, 0.6) is 0 Å². The van der Waals surface area contributed by atoms with Crippen LogP contribution in [0.1, 0.15) is 39.0 Å². The predicted octanol–water partition coefficient (Wildman–Crippen LogP) is 2.11. The SMILES string of the molecule is CC1CCC(C2COC3(CCC4OC4C3)OC2)CO1. The monoisotopic (exact) mass is 268 g/mol. The first-order valence-corrected chi connectivity index (χ1v) is 7.79. The Morgan fingerprint density at radius 3 is 2.42 bits per heavy atom. The Kier molecular flexibility index (Phi) is 3.10. The summed E-state index contributed by atoms with van der Waals surface area (Å²) in [7, 11) is 0. The molecule has 4 nitrogen and oxygen atoms in total. The summed E-state index contributed by atoms with van der Waals surface area (Å²) < 4.78 is 23.6. The largest absolute Gasteiger partial charge is 0.378 e. The molecule has 0 aromatic heterocycles. The van der Waals surface area contributed by atoms with E-state index in [0.29, 0.717) is 30.1 Å². The van der Waals surface area contributed by atoms with Crippen molar-refractivity contribution in [2.75, 3.05) is 19.8 Å². The fourth-order valence-corrected chi connectivity index (χ4v) is 3.80. The lowest BCUT2D eigenvalue weighted by Crippen LogP contribution is -2.49. The van der Waals surface area contributed by atoms with Gasteiger partial charge in [0.15, 0.2) is 5.79 Å². The summed E-state index contributed by atoms with van der Waals surface area (Å²) in [6.07, 6.45) is 6.79. The topological polar surface area (TPSA) is 40.2 Å². The van der Waals surface area contributed by atoms with E-state index in [1.54, 1.807) is 0 Å². The molecule has 1 spiro atoms. The van der Waals surface area contributed by atoms with Crippen LogP contribution in [0.4, 0.5) is 0 Å². The molecule has 0 aromatic rings. The molecule has 4 rings (SSSR count). The number of fused-ring (bicyclic) bond motifs is 1. The zero-order valence-corrected chi connectivity index (χ0v) is 11.7. The summed E-state index contributed by atoms with van der Waals surface area (Å²) >= 11 is 0. The molecular weight excluding hydrogens is 244 g/mol. The normalized spacial score (nSPS) is 53.8. The standard InChI is InChI=1S/C15H24O4/c1-10-2-3-11(7-16-10)12-8-17-15(18-9-12)5-4-13-14(6-15)19-13/h10-14H,2-9H2,1H3. The maximum atomic E-state index is 6.14. The fourth-order valence-electron chi connectivity index (χ4n) is 3.80. The van der Waals surface area contributed by atoms with Crippen LogP contribution in [0, 0.1) is 11.8 Å². The molecule has 0 amide bonds. The van der Waals surface area contributed by atoms with Crippen molar-refractivity contribution in [3.05, 3.63) is 0 Å². The Balaban J connectivity index is 1.32. The van der Waals surface area contributed by atoms with Crippen molar-refractivity contribution in [2.45, 2.75) is 63.1 Å². The van der Waals surface area contributed by atoms with Gasteiger partial charge in [-0.05, 0) is 32.1 Å². The summed E-state index contributed by atoms with van der Waals surface area (Å²) in [6, 6.07) is 0. The molecule has 4 unspecified atom stereocenters. The van der Waals surface area contributed by atoms with Crippen molar-refractivity contribution in [3.8, 4) is 0 Å². The molecular formula is C15H24O4. The number of epoxide rings is 1. The molecule has 0 aromatic carbocycles. The van der Waals surface area contributed by atoms with E-state index in [0.717, 1.165) is 39.1 Å². The molecule has 4 fully saturated rings. The summed E-state index contributed by atoms with van der Waals surface area (Å²) in [4.78, 5) is 0. The number of hydrogen-bond donors (Lipinski definition) is 0. The lowest BCUT2D eigenvalue weighted by molar-refractivity contribution is -0.300. The van der Waals surface area contributed by atoms with Gasteiger partial charge >= 0.3 is 0 Å². The molecule has 19 heavy (non-hydrogen) atoms. The minimum absolute atomic E-state index is 0.322. The molecule has 3 heterocycles. The van der Waals surface area contributed by atoms with Crippen LogP contribution in [-0.4, -0.2) is 43.9 Å². The molecule has 4 heteroatoms. The lowest BCUT2D eigenvalue weighted by Gasteiger charge is -2.44. The molecule has 1 saturated carbocycles. The number of ether oxygens (including phenoxy) is 4. The molecule has 4 aliphatic rings. The van der Waals surface area contributed by atoms with Gasteiger partial charge in [-0.25, -0.2) is 0 Å². The van der Waals surface area contributed by atoms with Crippen LogP contribution in [0.15, 0.2) is 0 Å². The number of hydrogen-bond acceptors (Lipinski definition) is 4. The van der Waals surface area contributed by atoms with Crippen LogP contribution in [0.25, 0.3) is 0 Å². The third kappa shape index (κ3) is 2.44. The minimum atomic E-state index is -0.322. The maximum Gasteiger partial charge on any atom is 0.170 e. The van der Waals surface area contributed by atoms with E-state index in [1.165, 1.54) is 12.8 Å². The summed E-state index contributed by atoms with van der Waals surface area (Å²) in [5.74, 6) is 0.801. The summed E-state index contributed by atoms with van der Waals surface area (Å²) in [6.45, 7) is 4.70. The Labute approximate surface area is 114 Å². The van der Waals surface area contributed by atoms with Crippen LogP contribution in [-0.2, 0) is 18.9 Å². The highest BCUT2D eigenvalue weighted by atomic mass is 16.7. The summed E-state index contributed by atoms with van der Waals surface area (Å²) in [5, 5.41) is 0. The van der Waals surface area contributed by atoms with Crippen LogP contribution >= 0.6 is 0 Å². The second-order valence-electron chi connectivity index (χ2n) is 6.73. The van der Waals surface area contributed by atoms with E-state index in [9.17, 15) is 0 Å². The van der Waals surface area contributed by atoms with Gasteiger partial charge in [0.1, 0.15) is 0 Å². The zero-order chi connectivity index (χ0) is 12.9. The molecule has 1 aliphatic carbocycles. The van der Waals surface area contributed by atoms with Gasteiger partial charge in [0.05, 0.1) is 38.1 Å². The smallest absolute Gasteiger partial charge is 0.170 e. The van der Waals surface area contributed by atoms with Crippen molar-refractivity contribution in [1.29, 1.82) is 0 Å².